The molecule has 0 spiro atoms. The predicted molar refractivity (Wildman–Crippen MR) is 117 cm³/mol. The molecule has 148 valence electrons. The molecular formula is C26H27NO2. The second kappa shape index (κ2) is 7.49. The quantitative estimate of drug-likeness (QED) is 0.607. The van der Waals surface area contributed by atoms with Crippen molar-refractivity contribution in [2.45, 2.75) is 25.4 Å². The molecule has 3 atom stereocenters. The zero-order valence-corrected chi connectivity index (χ0v) is 17.4. The number of hydrogen-bond acceptors (Lipinski definition) is 2. The minimum atomic E-state index is -0.569. The molecule has 1 aliphatic heterocycles. The van der Waals surface area contributed by atoms with Crippen LogP contribution in [0.25, 0.3) is 0 Å². The number of carbonyl (C=O) groups is 1. The minimum absolute atomic E-state index is 0.0201. The maximum atomic E-state index is 12.9. The molecule has 4 rings (SSSR count). The standard InChI is InChI=1S/C26H27NO2/c1-18-24(19-11-7-5-8-12-19)22-17-21(15-16-23(22)27(3)25(18)28)26(2,29-4)20-13-9-6-10-14-20/h5-18,24H,1-4H3. The van der Waals surface area contributed by atoms with Crippen molar-refractivity contribution in [1.29, 1.82) is 0 Å². The zero-order valence-electron chi connectivity index (χ0n) is 17.4. The van der Waals surface area contributed by atoms with E-state index in [1.807, 2.05) is 50.4 Å². The van der Waals surface area contributed by atoms with Gasteiger partial charge in [0.15, 0.2) is 0 Å². The molecule has 0 fully saturated rings. The number of carbonyl (C=O) groups excluding carboxylic acids is 1. The molecule has 0 N–H and O–H groups in total. The van der Waals surface area contributed by atoms with E-state index in [0.717, 1.165) is 16.8 Å². The third-order valence-electron chi connectivity index (χ3n) is 6.39. The summed E-state index contributed by atoms with van der Waals surface area (Å²) in [4.78, 5) is 14.7. The number of rotatable bonds is 4. The number of ether oxygens (including phenoxy) is 1. The molecule has 0 saturated heterocycles. The summed E-state index contributed by atoms with van der Waals surface area (Å²) in [5.41, 5.74) is 4.92. The fourth-order valence-electron chi connectivity index (χ4n) is 4.53. The third-order valence-corrected chi connectivity index (χ3v) is 6.39. The van der Waals surface area contributed by atoms with Gasteiger partial charge in [-0.05, 0) is 41.3 Å². The van der Waals surface area contributed by atoms with E-state index in [-0.39, 0.29) is 17.7 Å². The Hall–Kier alpha value is -2.91. The van der Waals surface area contributed by atoms with E-state index in [9.17, 15) is 4.79 Å². The SMILES string of the molecule is COC(C)(c1ccccc1)c1ccc2c(c1)C(c1ccccc1)C(C)C(=O)N2C. The van der Waals surface area contributed by atoms with Crippen LogP contribution >= 0.6 is 0 Å². The number of nitrogens with zero attached hydrogens (tertiary/aromatic N) is 1. The Morgan fingerprint density at radius 2 is 1.52 bits per heavy atom. The Bertz CT molecular complexity index is 1020. The van der Waals surface area contributed by atoms with Gasteiger partial charge in [0.25, 0.3) is 0 Å². The van der Waals surface area contributed by atoms with Crippen molar-refractivity contribution in [2.75, 3.05) is 19.1 Å². The van der Waals surface area contributed by atoms with Crippen molar-refractivity contribution in [1.82, 2.24) is 0 Å². The molecular weight excluding hydrogens is 358 g/mol. The molecule has 29 heavy (non-hydrogen) atoms. The number of fused-ring (bicyclic) bond motifs is 1. The van der Waals surface area contributed by atoms with E-state index in [1.165, 1.54) is 11.1 Å². The lowest BCUT2D eigenvalue weighted by Crippen LogP contribution is -2.40. The Morgan fingerprint density at radius 3 is 2.14 bits per heavy atom. The lowest BCUT2D eigenvalue weighted by atomic mass is 9.75. The van der Waals surface area contributed by atoms with Gasteiger partial charge in [0.1, 0.15) is 5.60 Å². The van der Waals surface area contributed by atoms with Crippen molar-refractivity contribution in [3.8, 4) is 0 Å². The summed E-state index contributed by atoms with van der Waals surface area (Å²) in [6, 6.07) is 27.0. The molecule has 1 amide bonds. The fraction of sp³-hybridized carbons (Fsp3) is 0.269. The Morgan fingerprint density at radius 1 is 0.897 bits per heavy atom. The lowest BCUT2D eigenvalue weighted by molar-refractivity contribution is -0.122. The molecule has 3 nitrogen and oxygen atoms in total. The van der Waals surface area contributed by atoms with Crippen LogP contribution in [0, 0.1) is 5.92 Å². The van der Waals surface area contributed by atoms with E-state index in [2.05, 4.69) is 49.4 Å². The van der Waals surface area contributed by atoms with E-state index in [4.69, 9.17) is 4.74 Å². The first kappa shape index (κ1) is 19.4. The summed E-state index contributed by atoms with van der Waals surface area (Å²) in [6.07, 6.45) is 0. The van der Waals surface area contributed by atoms with Gasteiger partial charge in [-0.1, -0.05) is 73.7 Å². The van der Waals surface area contributed by atoms with E-state index in [0.29, 0.717) is 0 Å². The first-order valence-electron chi connectivity index (χ1n) is 10.0. The molecule has 0 aromatic heterocycles. The second-order valence-electron chi connectivity index (χ2n) is 7.95. The molecule has 1 heterocycles. The summed E-state index contributed by atoms with van der Waals surface area (Å²) in [5.74, 6) is 0.0408. The van der Waals surface area contributed by atoms with Gasteiger partial charge in [0.2, 0.25) is 5.91 Å². The minimum Gasteiger partial charge on any atom is -0.369 e. The highest BCUT2D eigenvalue weighted by atomic mass is 16.5. The average Bonchev–Trinajstić information content (AvgIpc) is 2.78. The third kappa shape index (κ3) is 3.16. The Labute approximate surface area is 172 Å². The van der Waals surface area contributed by atoms with Crippen LogP contribution in [-0.4, -0.2) is 20.1 Å². The monoisotopic (exact) mass is 385 g/mol. The molecule has 3 aromatic rings. The Balaban J connectivity index is 1.90. The van der Waals surface area contributed by atoms with Crippen LogP contribution in [0.5, 0.6) is 0 Å². The summed E-state index contributed by atoms with van der Waals surface area (Å²) >= 11 is 0. The van der Waals surface area contributed by atoms with Crippen LogP contribution in [0.3, 0.4) is 0 Å². The molecule has 0 aliphatic carbocycles. The summed E-state index contributed by atoms with van der Waals surface area (Å²) in [6.45, 7) is 4.13. The second-order valence-corrected chi connectivity index (χ2v) is 7.95. The fourth-order valence-corrected chi connectivity index (χ4v) is 4.53. The number of hydrogen-bond donors (Lipinski definition) is 0. The summed E-state index contributed by atoms with van der Waals surface area (Å²) < 4.78 is 6.04. The van der Waals surface area contributed by atoms with Crippen LogP contribution in [0.1, 0.15) is 42.0 Å². The smallest absolute Gasteiger partial charge is 0.230 e. The van der Waals surface area contributed by atoms with E-state index in [1.54, 1.807) is 12.0 Å². The van der Waals surface area contributed by atoms with Gasteiger partial charge in [0.05, 0.1) is 0 Å². The van der Waals surface area contributed by atoms with Gasteiger partial charge >= 0.3 is 0 Å². The van der Waals surface area contributed by atoms with Gasteiger partial charge in [0, 0.05) is 31.7 Å². The number of benzene rings is 3. The highest BCUT2D eigenvalue weighted by Gasteiger charge is 2.38. The maximum Gasteiger partial charge on any atom is 0.230 e. The van der Waals surface area contributed by atoms with Gasteiger partial charge in [-0.25, -0.2) is 0 Å². The first-order valence-corrected chi connectivity index (χ1v) is 10.0. The Kier molecular flexibility index (Phi) is 5.01. The highest BCUT2D eigenvalue weighted by molar-refractivity contribution is 5.99. The highest BCUT2D eigenvalue weighted by Crippen LogP contribution is 2.45. The number of methoxy groups -OCH3 is 1. The zero-order chi connectivity index (χ0) is 20.6. The van der Waals surface area contributed by atoms with Gasteiger partial charge in [-0.15, -0.1) is 0 Å². The van der Waals surface area contributed by atoms with Crippen LogP contribution in [0.2, 0.25) is 0 Å². The normalized spacial score (nSPS) is 20.8. The van der Waals surface area contributed by atoms with Crippen molar-refractivity contribution < 1.29 is 9.53 Å². The van der Waals surface area contributed by atoms with Crippen LogP contribution in [0.4, 0.5) is 5.69 Å². The van der Waals surface area contributed by atoms with Crippen LogP contribution in [-0.2, 0) is 15.1 Å². The molecule has 0 bridgehead atoms. The number of amides is 1. The average molecular weight is 386 g/mol. The summed E-state index contributed by atoms with van der Waals surface area (Å²) in [7, 11) is 3.62. The van der Waals surface area contributed by atoms with Crippen molar-refractivity contribution >= 4 is 11.6 Å². The van der Waals surface area contributed by atoms with Crippen LogP contribution < -0.4 is 4.90 Å². The van der Waals surface area contributed by atoms with Gasteiger partial charge < -0.3 is 9.64 Å². The van der Waals surface area contributed by atoms with Gasteiger partial charge in [-0.2, -0.15) is 0 Å². The largest absolute Gasteiger partial charge is 0.369 e. The summed E-state index contributed by atoms with van der Waals surface area (Å²) in [5, 5.41) is 0. The maximum absolute atomic E-state index is 12.9. The van der Waals surface area contributed by atoms with Crippen LogP contribution in [0.15, 0.2) is 78.9 Å². The first-order chi connectivity index (χ1) is 14.0. The molecule has 3 unspecified atom stereocenters. The molecule has 0 saturated carbocycles. The van der Waals surface area contributed by atoms with E-state index < -0.39 is 5.60 Å². The van der Waals surface area contributed by atoms with Gasteiger partial charge in [-0.3, -0.25) is 4.79 Å². The predicted octanol–water partition coefficient (Wildman–Crippen LogP) is 5.34. The van der Waals surface area contributed by atoms with Crippen molar-refractivity contribution in [3.05, 3.63) is 101 Å². The van der Waals surface area contributed by atoms with Crippen molar-refractivity contribution in [2.24, 2.45) is 5.92 Å². The van der Waals surface area contributed by atoms with E-state index >= 15 is 0 Å². The molecule has 1 aliphatic rings. The molecule has 3 aromatic carbocycles. The molecule has 3 heteroatoms. The number of anilines is 1. The molecule has 0 radical (unpaired) electrons. The lowest BCUT2D eigenvalue weighted by Gasteiger charge is -2.38. The topological polar surface area (TPSA) is 29.5 Å². The van der Waals surface area contributed by atoms with Crippen molar-refractivity contribution in [3.63, 3.8) is 0 Å².